The minimum atomic E-state index is 0.301. The average Bonchev–Trinajstić information content (AvgIpc) is 3.04. The lowest BCUT2D eigenvalue weighted by Gasteiger charge is -2.60. The summed E-state index contributed by atoms with van der Waals surface area (Å²) < 4.78 is 5.90. The molecule has 184 valence electrons. The second kappa shape index (κ2) is 10.5. The van der Waals surface area contributed by atoms with Gasteiger partial charge in [-0.2, -0.15) is 0 Å². The van der Waals surface area contributed by atoms with E-state index in [0.717, 1.165) is 36.5 Å². The molecular formula is C30H48N2O. The molecule has 2 aliphatic carbocycles. The Bertz CT molecular complexity index is 819. The van der Waals surface area contributed by atoms with Gasteiger partial charge in [0, 0.05) is 11.7 Å². The molecule has 1 aromatic heterocycles. The molecule has 4 aliphatic rings. The molecule has 1 aromatic rings. The Hall–Kier alpha value is -1.35. The Morgan fingerprint density at radius 3 is 2.61 bits per heavy atom. The van der Waals surface area contributed by atoms with Crippen molar-refractivity contribution in [1.29, 1.82) is 0 Å². The molecule has 2 saturated heterocycles. The Morgan fingerprint density at radius 2 is 1.82 bits per heavy atom. The van der Waals surface area contributed by atoms with Crippen LogP contribution in [0.3, 0.4) is 0 Å². The van der Waals surface area contributed by atoms with E-state index in [1.165, 1.54) is 76.4 Å². The number of pyridine rings is 1. The van der Waals surface area contributed by atoms with Gasteiger partial charge < -0.3 is 4.74 Å². The van der Waals surface area contributed by atoms with Crippen molar-refractivity contribution < 1.29 is 4.74 Å². The van der Waals surface area contributed by atoms with Crippen molar-refractivity contribution in [2.24, 2.45) is 23.2 Å². The van der Waals surface area contributed by atoms with Crippen molar-refractivity contribution in [1.82, 2.24) is 9.88 Å². The summed E-state index contributed by atoms with van der Waals surface area (Å²) in [6.45, 7) is 15.0. The number of piperidine rings is 1. The van der Waals surface area contributed by atoms with Gasteiger partial charge in [-0.3, -0.25) is 9.88 Å². The zero-order valence-electron chi connectivity index (χ0n) is 22.0. The third kappa shape index (κ3) is 4.64. The lowest BCUT2D eigenvalue weighted by molar-refractivity contribution is -0.0868. The van der Waals surface area contributed by atoms with Crippen molar-refractivity contribution in [3.8, 4) is 5.75 Å². The monoisotopic (exact) mass is 452 g/mol. The van der Waals surface area contributed by atoms with Crippen LogP contribution in [0.4, 0.5) is 0 Å². The quantitative estimate of drug-likeness (QED) is 0.467. The maximum atomic E-state index is 5.90. The van der Waals surface area contributed by atoms with Crippen LogP contribution in [0.25, 0.3) is 5.57 Å². The summed E-state index contributed by atoms with van der Waals surface area (Å²) in [4.78, 5) is 7.43. The number of aromatic nitrogens is 1. The average molecular weight is 453 g/mol. The molecule has 3 heterocycles. The third-order valence-electron chi connectivity index (χ3n) is 9.38. The van der Waals surface area contributed by atoms with Gasteiger partial charge in [-0.05, 0) is 105 Å². The molecule has 0 N–H and O–H groups in total. The summed E-state index contributed by atoms with van der Waals surface area (Å²) in [6.07, 6.45) is 19.8. The van der Waals surface area contributed by atoms with E-state index >= 15 is 0 Å². The van der Waals surface area contributed by atoms with Crippen LogP contribution in [0.1, 0.15) is 104 Å². The smallest absolute Gasteiger partial charge is 0.138 e. The van der Waals surface area contributed by atoms with Crippen LogP contribution in [0.2, 0.25) is 0 Å². The molecule has 3 heteroatoms. The van der Waals surface area contributed by atoms with Crippen LogP contribution in [0, 0.1) is 23.2 Å². The maximum Gasteiger partial charge on any atom is 0.138 e. The van der Waals surface area contributed by atoms with E-state index in [1.54, 1.807) is 5.57 Å². The van der Waals surface area contributed by atoms with Crippen molar-refractivity contribution in [3.63, 3.8) is 0 Å². The highest BCUT2D eigenvalue weighted by molar-refractivity contribution is 5.73. The first-order valence-electron chi connectivity index (χ1n) is 14.0. The molecule has 2 aliphatic heterocycles. The molecule has 3 fully saturated rings. The minimum Gasteiger partial charge on any atom is -0.492 e. The normalized spacial score (nSPS) is 35.8. The molecule has 5 atom stereocenters. The minimum absolute atomic E-state index is 0.301. The van der Waals surface area contributed by atoms with Gasteiger partial charge in [-0.15, -0.1) is 0 Å². The van der Waals surface area contributed by atoms with Crippen LogP contribution in [0.15, 0.2) is 24.5 Å². The molecular weight excluding hydrogens is 404 g/mol. The van der Waals surface area contributed by atoms with Gasteiger partial charge in [-0.1, -0.05) is 53.0 Å². The number of hydrogen-bond acceptors (Lipinski definition) is 3. The Kier molecular flexibility index (Phi) is 7.88. The van der Waals surface area contributed by atoms with Crippen molar-refractivity contribution in [2.75, 3.05) is 19.7 Å². The summed E-state index contributed by atoms with van der Waals surface area (Å²) in [5.74, 6) is 3.49. The highest BCUT2D eigenvalue weighted by atomic mass is 16.5. The van der Waals surface area contributed by atoms with Crippen LogP contribution < -0.4 is 4.74 Å². The van der Waals surface area contributed by atoms with Gasteiger partial charge >= 0.3 is 0 Å². The van der Waals surface area contributed by atoms with E-state index in [-0.39, 0.29) is 0 Å². The molecule has 0 amide bonds. The second-order valence-corrected chi connectivity index (χ2v) is 11.6. The summed E-state index contributed by atoms with van der Waals surface area (Å²) in [6, 6.07) is 2.24. The van der Waals surface area contributed by atoms with Crippen LogP contribution >= 0.6 is 0 Å². The van der Waals surface area contributed by atoms with E-state index in [1.807, 2.05) is 6.20 Å². The van der Waals surface area contributed by atoms with Crippen molar-refractivity contribution >= 4 is 5.57 Å². The zero-order chi connectivity index (χ0) is 23.5. The molecule has 1 saturated carbocycles. The van der Waals surface area contributed by atoms with E-state index < -0.39 is 0 Å². The van der Waals surface area contributed by atoms with Crippen LogP contribution in [-0.4, -0.2) is 35.1 Å². The zero-order valence-corrected chi connectivity index (χ0v) is 22.0. The molecule has 0 bridgehead atoms. The number of rotatable bonds is 4. The Balaban J connectivity index is 0.000000821. The van der Waals surface area contributed by atoms with Gasteiger partial charge in [0.15, 0.2) is 0 Å². The highest BCUT2D eigenvalue weighted by Gasteiger charge is 2.57. The molecule has 5 unspecified atom stereocenters. The molecule has 5 rings (SSSR count). The Labute approximate surface area is 203 Å². The first-order valence-corrected chi connectivity index (χ1v) is 14.0. The van der Waals surface area contributed by atoms with Gasteiger partial charge in [0.2, 0.25) is 0 Å². The number of nitrogens with zero attached hydrogens (tertiary/aromatic N) is 2. The fraction of sp³-hybridized carbons (Fsp3) is 0.767. The summed E-state index contributed by atoms with van der Waals surface area (Å²) in [5.41, 5.74) is 3.59. The van der Waals surface area contributed by atoms with E-state index in [9.17, 15) is 0 Å². The standard InChI is InChI=1S/C27H40N2O.C3H8/c1-4-16-30-21-17-20(18-28-19-21)23-8-9-24-22-11-15-29-14-7-5-6-12-27(29,3)25(22)10-13-26(23,24)2;1-3-2/h8,17-19,22,24-25H,4-7,9-16H2,1-3H3;3H2,1-2H3. The predicted octanol–water partition coefficient (Wildman–Crippen LogP) is 7.76. The second-order valence-electron chi connectivity index (χ2n) is 11.6. The SMILES string of the molecule is CCC.CCCOc1cncc(C2=CCC3C4CCN5CCCCCC5(C)C4CCC23C)c1. The molecule has 3 nitrogen and oxygen atoms in total. The van der Waals surface area contributed by atoms with E-state index in [2.05, 4.69) is 62.8 Å². The maximum absolute atomic E-state index is 5.90. The van der Waals surface area contributed by atoms with Crippen LogP contribution in [0.5, 0.6) is 5.75 Å². The van der Waals surface area contributed by atoms with Crippen molar-refractivity contribution in [2.45, 2.75) is 104 Å². The van der Waals surface area contributed by atoms with E-state index in [4.69, 9.17) is 4.74 Å². The molecule has 33 heavy (non-hydrogen) atoms. The molecule has 0 radical (unpaired) electrons. The number of hydrogen-bond donors (Lipinski definition) is 0. The van der Waals surface area contributed by atoms with E-state index in [0.29, 0.717) is 11.0 Å². The predicted molar refractivity (Wildman–Crippen MR) is 139 cm³/mol. The Morgan fingerprint density at radius 1 is 1.00 bits per heavy atom. The summed E-state index contributed by atoms with van der Waals surface area (Å²) in [7, 11) is 0. The molecule has 0 aromatic carbocycles. The van der Waals surface area contributed by atoms with Gasteiger partial charge in [0.25, 0.3) is 0 Å². The topological polar surface area (TPSA) is 25.4 Å². The summed E-state index contributed by atoms with van der Waals surface area (Å²) >= 11 is 0. The van der Waals surface area contributed by atoms with Crippen LogP contribution in [-0.2, 0) is 0 Å². The first kappa shape index (κ1) is 24.8. The summed E-state index contributed by atoms with van der Waals surface area (Å²) in [5, 5.41) is 0. The van der Waals surface area contributed by atoms with Crippen molar-refractivity contribution in [3.05, 3.63) is 30.1 Å². The van der Waals surface area contributed by atoms with Gasteiger partial charge in [0.1, 0.15) is 5.75 Å². The highest BCUT2D eigenvalue weighted by Crippen LogP contribution is 2.63. The lowest BCUT2D eigenvalue weighted by atomic mass is 9.52. The number of fused-ring (bicyclic) bond motifs is 5. The largest absolute Gasteiger partial charge is 0.492 e. The first-order chi connectivity index (χ1) is 16.0. The van der Waals surface area contributed by atoms with Gasteiger partial charge in [0.05, 0.1) is 12.8 Å². The number of allylic oxidation sites excluding steroid dienone is 2. The fourth-order valence-electron chi connectivity index (χ4n) is 7.81. The number of ether oxygens (including phenoxy) is 1. The van der Waals surface area contributed by atoms with Gasteiger partial charge in [-0.25, -0.2) is 0 Å². The lowest BCUT2D eigenvalue weighted by Crippen LogP contribution is -2.61. The third-order valence-corrected chi connectivity index (χ3v) is 9.38. The fourth-order valence-corrected chi connectivity index (χ4v) is 7.81. The molecule has 0 spiro atoms.